The summed E-state index contributed by atoms with van der Waals surface area (Å²) in [5.41, 5.74) is 1.32. The van der Waals surface area contributed by atoms with Crippen molar-refractivity contribution >= 4 is 22.7 Å². The van der Waals surface area contributed by atoms with Crippen LogP contribution in [0.2, 0.25) is 0 Å². The number of hydrogen-bond donors (Lipinski definition) is 1. The van der Waals surface area contributed by atoms with Crippen molar-refractivity contribution in [3.8, 4) is 0 Å². The van der Waals surface area contributed by atoms with E-state index in [0.717, 1.165) is 37.7 Å². The molecule has 1 aliphatic carbocycles. The number of carbonyl (C=O) groups is 1. The van der Waals surface area contributed by atoms with Crippen molar-refractivity contribution in [2.45, 2.75) is 56.9 Å². The van der Waals surface area contributed by atoms with E-state index in [0.29, 0.717) is 18.5 Å². The van der Waals surface area contributed by atoms with Crippen LogP contribution in [0, 0.1) is 15.9 Å². The maximum atomic E-state index is 13.4. The zero-order valence-electron chi connectivity index (χ0n) is 18.2. The largest absolute Gasteiger partial charge is 0.419 e. The number of rotatable bonds is 8. The summed E-state index contributed by atoms with van der Waals surface area (Å²) in [6.45, 7) is 0.760. The van der Waals surface area contributed by atoms with Crippen molar-refractivity contribution in [1.82, 2.24) is 9.88 Å². The first-order valence-corrected chi connectivity index (χ1v) is 11.2. The molecule has 2 aromatic carbocycles. The fourth-order valence-electron chi connectivity index (χ4n) is 4.73. The molecular weight excluding hydrogens is 429 g/mol. The number of carbonyl (C=O) groups excluding carboxylic acids is 1. The van der Waals surface area contributed by atoms with Crippen LogP contribution in [-0.2, 0) is 16.8 Å². The lowest BCUT2D eigenvalue weighted by atomic mass is 9.69. The van der Waals surface area contributed by atoms with Gasteiger partial charge in [-0.2, -0.15) is 0 Å². The minimum absolute atomic E-state index is 0.112. The van der Waals surface area contributed by atoms with Crippen molar-refractivity contribution in [2.75, 3.05) is 6.54 Å². The topological polar surface area (TPSA) is 107 Å². The molecule has 0 saturated heterocycles. The number of aromatic nitrogens is 1. The minimum Gasteiger partial charge on any atom is -0.407 e. The molecule has 174 valence electrons. The van der Waals surface area contributed by atoms with E-state index in [1.807, 2.05) is 12.1 Å². The first-order chi connectivity index (χ1) is 15.9. The lowest BCUT2D eigenvalue weighted by molar-refractivity contribution is -0.384. The van der Waals surface area contributed by atoms with Gasteiger partial charge in [-0.05, 0) is 43.0 Å². The second kappa shape index (κ2) is 9.56. The van der Waals surface area contributed by atoms with Gasteiger partial charge in [0.05, 0.1) is 16.5 Å². The second-order valence-electron chi connectivity index (χ2n) is 8.66. The van der Waals surface area contributed by atoms with Gasteiger partial charge in [0, 0.05) is 31.0 Å². The fraction of sp³-hybridized carbons (Fsp3) is 0.417. The molecule has 0 spiro atoms. The Balaban J connectivity index is 1.36. The van der Waals surface area contributed by atoms with Gasteiger partial charge in [-0.15, -0.1) is 0 Å². The maximum Gasteiger partial charge on any atom is 0.419 e. The van der Waals surface area contributed by atoms with Crippen LogP contribution in [0.4, 0.5) is 10.1 Å². The Morgan fingerprint density at radius 3 is 2.58 bits per heavy atom. The highest BCUT2D eigenvalue weighted by Crippen LogP contribution is 2.39. The Morgan fingerprint density at radius 1 is 1.15 bits per heavy atom. The molecule has 1 aromatic heterocycles. The van der Waals surface area contributed by atoms with Gasteiger partial charge in [-0.3, -0.25) is 19.5 Å². The molecule has 4 rings (SSSR count). The zero-order chi connectivity index (χ0) is 23.4. The molecule has 1 saturated carbocycles. The number of nitro groups is 1. The summed E-state index contributed by atoms with van der Waals surface area (Å²) in [6.07, 6.45) is 5.84. The Kier molecular flexibility index (Phi) is 6.57. The molecule has 8 nitrogen and oxygen atoms in total. The van der Waals surface area contributed by atoms with Crippen LogP contribution in [0.3, 0.4) is 0 Å². The predicted molar refractivity (Wildman–Crippen MR) is 121 cm³/mol. The number of aryl methyl sites for hydroxylation is 1. The van der Waals surface area contributed by atoms with Gasteiger partial charge >= 0.3 is 5.76 Å². The molecule has 1 fully saturated rings. The average Bonchev–Trinajstić information content (AvgIpc) is 3.13. The van der Waals surface area contributed by atoms with Crippen molar-refractivity contribution in [2.24, 2.45) is 0 Å². The van der Waals surface area contributed by atoms with E-state index in [1.165, 1.54) is 34.9 Å². The summed E-state index contributed by atoms with van der Waals surface area (Å²) in [6, 6.07) is 10.6. The maximum absolute atomic E-state index is 13.4. The third-order valence-electron chi connectivity index (χ3n) is 6.54. The van der Waals surface area contributed by atoms with Crippen molar-refractivity contribution in [1.29, 1.82) is 0 Å². The molecule has 1 N–H and O–H groups in total. The highest BCUT2D eigenvalue weighted by Gasteiger charge is 2.34. The van der Waals surface area contributed by atoms with Gasteiger partial charge in [0.25, 0.3) is 5.69 Å². The highest BCUT2D eigenvalue weighted by molar-refractivity contribution is 5.77. The molecule has 0 unspecified atom stereocenters. The van der Waals surface area contributed by atoms with Gasteiger partial charge < -0.3 is 9.73 Å². The van der Waals surface area contributed by atoms with Gasteiger partial charge in [-0.25, -0.2) is 9.18 Å². The van der Waals surface area contributed by atoms with E-state index in [2.05, 4.69) is 5.32 Å². The molecule has 1 aliphatic rings. The third-order valence-corrected chi connectivity index (χ3v) is 6.54. The minimum atomic E-state index is -0.608. The number of nitrogens with zero attached hydrogens (tertiary/aromatic N) is 2. The van der Waals surface area contributed by atoms with Crippen LogP contribution in [-0.4, -0.2) is 21.9 Å². The monoisotopic (exact) mass is 455 g/mol. The SMILES string of the molecule is O=C(CCCn1c(=O)oc2cc([N+](=O)[O-])ccc21)NCC1(c2ccc(F)cc2)CCCCC1. The van der Waals surface area contributed by atoms with Gasteiger partial charge in [-0.1, -0.05) is 31.4 Å². The van der Waals surface area contributed by atoms with Crippen LogP contribution >= 0.6 is 0 Å². The molecule has 0 bridgehead atoms. The quantitative estimate of drug-likeness (QED) is 0.399. The second-order valence-corrected chi connectivity index (χ2v) is 8.66. The van der Waals surface area contributed by atoms with Crippen molar-refractivity contribution in [3.05, 3.63) is 74.5 Å². The number of fused-ring (bicyclic) bond motifs is 1. The number of oxazole rings is 1. The summed E-state index contributed by atoms with van der Waals surface area (Å²) < 4.78 is 19.9. The van der Waals surface area contributed by atoms with Crippen molar-refractivity contribution < 1.29 is 18.5 Å². The average molecular weight is 455 g/mol. The van der Waals surface area contributed by atoms with Crippen LogP contribution in [0.25, 0.3) is 11.1 Å². The smallest absolute Gasteiger partial charge is 0.407 e. The van der Waals surface area contributed by atoms with Crippen LogP contribution < -0.4 is 11.1 Å². The van der Waals surface area contributed by atoms with Gasteiger partial charge in [0.15, 0.2) is 5.58 Å². The van der Waals surface area contributed by atoms with Gasteiger partial charge in [0.2, 0.25) is 5.91 Å². The number of non-ortho nitro benzene ring substituents is 1. The molecule has 33 heavy (non-hydrogen) atoms. The number of nitrogens with one attached hydrogen (secondary N) is 1. The Bertz CT molecular complexity index is 1210. The predicted octanol–water partition coefficient (Wildman–Crippen LogP) is 4.44. The first-order valence-electron chi connectivity index (χ1n) is 11.2. The normalized spacial score (nSPS) is 15.4. The van der Waals surface area contributed by atoms with E-state index in [1.54, 1.807) is 0 Å². The number of halogens is 1. The summed E-state index contributed by atoms with van der Waals surface area (Å²) >= 11 is 0. The van der Waals surface area contributed by atoms with E-state index in [-0.39, 0.29) is 41.4 Å². The number of amides is 1. The van der Waals surface area contributed by atoms with E-state index < -0.39 is 10.7 Å². The summed E-state index contributed by atoms with van der Waals surface area (Å²) in [4.78, 5) is 35.1. The Labute approximate surface area is 189 Å². The van der Waals surface area contributed by atoms with Crippen LogP contribution in [0.15, 0.2) is 51.7 Å². The molecular formula is C24H26FN3O5. The fourth-order valence-corrected chi connectivity index (χ4v) is 4.73. The molecule has 0 aliphatic heterocycles. The number of hydrogen-bond acceptors (Lipinski definition) is 5. The highest BCUT2D eigenvalue weighted by atomic mass is 19.1. The van der Waals surface area contributed by atoms with Crippen LogP contribution in [0.5, 0.6) is 0 Å². The zero-order valence-corrected chi connectivity index (χ0v) is 18.2. The van der Waals surface area contributed by atoms with Crippen LogP contribution in [0.1, 0.15) is 50.5 Å². The lowest BCUT2D eigenvalue weighted by Crippen LogP contribution is -2.42. The molecule has 0 radical (unpaired) electrons. The lowest BCUT2D eigenvalue weighted by Gasteiger charge is -2.38. The third kappa shape index (κ3) is 4.97. The molecule has 0 atom stereocenters. The van der Waals surface area contributed by atoms with Gasteiger partial charge in [0.1, 0.15) is 5.82 Å². The number of benzene rings is 2. The molecule has 1 amide bonds. The Morgan fingerprint density at radius 2 is 1.88 bits per heavy atom. The first kappa shape index (κ1) is 22.7. The standard InChI is InChI=1S/C24H26FN3O5/c25-18-8-6-17(7-9-18)24(12-2-1-3-13-24)16-26-22(29)5-4-14-27-20-11-10-19(28(31)32)15-21(20)33-23(27)30/h6-11,15H,1-5,12-14,16H2,(H,26,29). The summed E-state index contributed by atoms with van der Waals surface area (Å²) in [5, 5.41) is 13.9. The van der Waals surface area contributed by atoms with E-state index in [4.69, 9.17) is 4.42 Å². The molecule has 9 heteroatoms. The molecule has 1 heterocycles. The number of nitro benzene ring substituents is 1. The van der Waals surface area contributed by atoms with E-state index in [9.17, 15) is 24.1 Å². The van der Waals surface area contributed by atoms with Crippen molar-refractivity contribution in [3.63, 3.8) is 0 Å². The Hall–Kier alpha value is -3.49. The summed E-state index contributed by atoms with van der Waals surface area (Å²) in [5.74, 6) is -0.993. The molecule has 3 aromatic rings. The van der Waals surface area contributed by atoms with E-state index >= 15 is 0 Å². The summed E-state index contributed by atoms with van der Waals surface area (Å²) in [7, 11) is 0.